The fourth-order valence-corrected chi connectivity index (χ4v) is 2.84. The first-order valence-corrected chi connectivity index (χ1v) is 9.01. The highest BCUT2D eigenvalue weighted by molar-refractivity contribution is 6.29. The van der Waals surface area contributed by atoms with E-state index in [0.717, 1.165) is 30.6 Å². The quantitative estimate of drug-likeness (QED) is 0.671. The Bertz CT molecular complexity index is 689. The summed E-state index contributed by atoms with van der Waals surface area (Å²) in [4.78, 5) is 21.3. The molecule has 0 bridgehead atoms. The predicted molar refractivity (Wildman–Crippen MR) is 103 cm³/mol. The van der Waals surface area contributed by atoms with E-state index in [4.69, 9.17) is 11.6 Å². The van der Waals surface area contributed by atoms with Crippen molar-refractivity contribution in [2.24, 2.45) is 0 Å². The molecule has 0 aliphatic heterocycles. The minimum Gasteiger partial charge on any atom is -0.333 e. The number of aryl methyl sites for hydroxylation is 1. The lowest BCUT2D eigenvalue weighted by molar-refractivity contribution is 0.0731. The third kappa shape index (κ3) is 6.15. The molecule has 2 rings (SSSR count). The summed E-state index contributed by atoms with van der Waals surface area (Å²) in [6, 6.07) is 13.6. The van der Waals surface area contributed by atoms with Crippen molar-refractivity contribution in [3.8, 4) is 0 Å². The maximum Gasteiger partial charge on any atom is 0.254 e. The van der Waals surface area contributed by atoms with Crippen LogP contribution in [0.5, 0.6) is 0 Å². The Morgan fingerprint density at radius 1 is 1.12 bits per heavy atom. The van der Waals surface area contributed by atoms with Crippen LogP contribution in [-0.2, 0) is 13.0 Å². The summed E-state index contributed by atoms with van der Waals surface area (Å²) in [5.41, 5.74) is 2.59. The summed E-state index contributed by atoms with van der Waals surface area (Å²) in [5.74, 6) is -0.00708. The van der Waals surface area contributed by atoms with Crippen LogP contribution in [0.1, 0.15) is 35.0 Å². The van der Waals surface area contributed by atoms with Gasteiger partial charge in [0, 0.05) is 30.9 Å². The number of carbonyl (C=O) groups excluding carboxylic acids is 1. The van der Waals surface area contributed by atoms with Gasteiger partial charge in [0.15, 0.2) is 0 Å². The summed E-state index contributed by atoms with van der Waals surface area (Å²) in [7, 11) is 4.02. The lowest BCUT2D eigenvalue weighted by Crippen LogP contribution is -2.36. The summed E-state index contributed by atoms with van der Waals surface area (Å²) in [5, 5.41) is 0.376. The van der Waals surface area contributed by atoms with E-state index in [9.17, 15) is 4.79 Å². The minimum atomic E-state index is -0.00708. The molecular weight excluding hydrogens is 334 g/mol. The van der Waals surface area contributed by atoms with Crippen LogP contribution in [0.4, 0.5) is 0 Å². The maximum atomic E-state index is 13.1. The van der Waals surface area contributed by atoms with E-state index < -0.39 is 0 Å². The number of aromatic nitrogens is 1. The van der Waals surface area contributed by atoms with Crippen molar-refractivity contribution in [3.05, 3.63) is 64.4 Å². The van der Waals surface area contributed by atoms with Gasteiger partial charge in [-0.1, -0.05) is 55.3 Å². The molecule has 25 heavy (non-hydrogen) atoms. The van der Waals surface area contributed by atoms with Gasteiger partial charge in [-0.3, -0.25) is 4.79 Å². The zero-order valence-electron chi connectivity index (χ0n) is 15.2. The van der Waals surface area contributed by atoms with Crippen molar-refractivity contribution in [2.75, 3.05) is 27.2 Å². The van der Waals surface area contributed by atoms with Crippen LogP contribution >= 0.6 is 11.6 Å². The Hall–Kier alpha value is -1.91. The average Bonchev–Trinajstić information content (AvgIpc) is 2.58. The number of benzene rings is 1. The van der Waals surface area contributed by atoms with Crippen molar-refractivity contribution in [3.63, 3.8) is 0 Å². The van der Waals surface area contributed by atoms with Gasteiger partial charge in [0.25, 0.3) is 5.91 Å². The number of halogens is 1. The summed E-state index contributed by atoms with van der Waals surface area (Å²) >= 11 is 6.13. The molecule has 1 aromatic carbocycles. The third-order valence-electron chi connectivity index (χ3n) is 3.92. The topological polar surface area (TPSA) is 36.4 Å². The van der Waals surface area contributed by atoms with Crippen molar-refractivity contribution in [2.45, 2.75) is 26.3 Å². The fraction of sp³-hybridized carbons (Fsp3) is 0.400. The number of rotatable bonds is 8. The number of carbonyl (C=O) groups is 1. The van der Waals surface area contributed by atoms with Crippen LogP contribution in [0.15, 0.2) is 42.5 Å². The maximum absolute atomic E-state index is 13.1. The van der Waals surface area contributed by atoms with Gasteiger partial charge in [0.1, 0.15) is 5.15 Å². The monoisotopic (exact) mass is 359 g/mol. The molecular formula is C20H26ClN3O. The normalized spacial score (nSPS) is 10.9. The van der Waals surface area contributed by atoms with Crippen LogP contribution in [-0.4, -0.2) is 47.9 Å². The first kappa shape index (κ1) is 19.4. The summed E-state index contributed by atoms with van der Waals surface area (Å²) in [6.07, 6.45) is 1.78. The lowest BCUT2D eigenvalue weighted by Gasteiger charge is -2.25. The van der Waals surface area contributed by atoms with Gasteiger partial charge in [-0.05, 0) is 38.2 Å². The number of pyridine rings is 1. The number of hydrogen-bond acceptors (Lipinski definition) is 3. The molecule has 1 aromatic heterocycles. The molecule has 0 unspecified atom stereocenters. The number of likely N-dealkylation sites (N-methyl/N-ethyl adjacent to an activating group) is 1. The Kier molecular flexibility index (Phi) is 7.41. The molecule has 0 atom stereocenters. The molecule has 5 heteroatoms. The molecule has 0 radical (unpaired) electrons. The van der Waals surface area contributed by atoms with Crippen molar-refractivity contribution in [1.29, 1.82) is 0 Å². The molecule has 0 saturated carbocycles. The predicted octanol–water partition coefficient (Wildman–Crippen LogP) is 3.89. The highest BCUT2D eigenvalue weighted by Crippen LogP contribution is 2.16. The van der Waals surface area contributed by atoms with E-state index in [2.05, 4.69) is 16.8 Å². The Morgan fingerprint density at radius 2 is 1.84 bits per heavy atom. The minimum absolute atomic E-state index is 0.00708. The van der Waals surface area contributed by atoms with E-state index in [1.165, 1.54) is 0 Å². The van der Waals surface area contributed by atoms with Gasteiger partial charge in [0.2, 0.25) is 0 Å². The Morgan fingerprint density at radius 3 is 2.48 bits per heavy atom. The van der Waals surface area contributed by atoms with Gasteiger partial charge < -0.3 is 9.80 Å². The van der Waals surface area contributed by atoms with Crippen molar-refractivity contribution >= 4 is 17.5 Å². The first-order valence-electron chi connectivity index (χ1n) is 8.64. The van der Waals surface area contributed by atoms with Gasteiger partial charge in [-0.2, -0.15) is 0 Å². The van der Waals surface area contributed by atoms with E-state index in [0.29, 0.717) is 23.8 Å². The van der Waals surface area contributed by atoms with Crippen molar-refractivity contribution in [1.82, 2.24) is 14.8 Å². The number of amides is 1. The van der Waals surface area contributed by atoms with Crippen LogP contribution < -0.4 is 0 Å². The number of nitrogens with zero attached hydrogens (tertiary/aromatic N) is 3. The zero-order chi connectivity index (χ0) is 18.2. The molecule has 1 heterocycles. The first-order chi connectivity index (χ1) is 12.0. The van der Waals surface area contributed by atoms with Crippen LogP contribution in [0.2, 0.25) is 5.15 Å². The second-order valence-corrected chi connectivity index (χ2v) is 6.82. The molecule has 1 amide bonds. The number of hydrogen-bond donors (Lipinski definition) is 0. The molecule has 4 nitrogen and oxygen atoms in total. The molecule has 0 aliphatic carbocycles. The zero-order valence-corrected chi connectivity index (χ0v) is 16.0. The second kappa shape index (κ2) is 9.54. The van der Waals surface area contributed by atoms with Gasteiger partial charge in [-0.15, -0.1) is 0 Å². The van der Waals surface area contributed by atoms with Gasteiger partial charge in [-0.25, -0.2) is 4.98 Å². The van der Waals surface area contributed by atoms with Crippen molar-refractivity contribution < 1.29 is 4.79 Å². The van der Waals surface area contributed by atoms with E-state index in [-0.39, 0.29) is 5.91 Å². The highest BCUT2D eigenvalue weighted by atomic mass is 35.5. The van der Waals surface area contributed by atoms with E-state index in [1.54, 1.807) is 6.07 Å². The molecule has 2 aromatic rings. The van der Waals surface area contributed by atoms with E-state index in [1.807, 2.05) is 55.4 Å². The van der Waals surface area contributed by atoms with Gasteiger partial charge >= 0.3 is 0 Å². The molecule has 0 spiro atoms. The van der Waals surface area contributed by atoms with Gasteiger partial charge in [0.05, 0.1) is 0 Å². The largest absolute Gasteiger partial charge is 0.333 e. The Balaban J connectivity index is 2.24. The lowest BCUT2D eigenvalue weighted by atomic mass is 10.1. The summed E-state index contributed by atoms with van der Waals surface area (Å²) in [6.45, 7) is 4.13. The van der Waals surface area contributed by atoms with Crippen LogP contribution in [0.3, 0.4) is 0 Å². The summed E-state index contributed by atoms with van der Waals surface area (Å²) < 4.78 is 0. The molecule has 0 N–H and O–H groups in total. The van der Waals surface area contributed by atoms with E-state index >= 15 is 0 Å². The fourth-order valence-electron chi connectivity index (χ4n) is 2.62. The average molecular weight is 360 g/mol. The second-order valence-electron chi connectivity index (χ2n) is 6.44. The third-order valence-corrected chi connectivity index (χ3v) is 4.11. The SMILES string of the molecule is CCCc1cc(C(=O)N(CCN(C)C)Cc2ccccc2)cc(Cl)n1. The standard InChI is InChI=1S/C20H26ClN3O/c1-4-8-18-13-17(14-19(21)22-18)20(25)24(12-11-23(2)3)15-16-9-6-5-7-10-16/h5-7,9-10,13-14H,4,8,11-12,15H2,1-3H3. The smallest absolute Gasteiger partial charge is 0.254 e. The molecule has 0 fully saturated rings. The Labute approximate surface area is 155 Å². The molecule has 0 saturated heterocycles. The highest BCUT2D eigenvalue weighted by Gasteiger charge is 2.18. The van der Waals surface area contributed by atoms with Crippen LogP contribution in [0, 0.1) is 0 Å². The molecule has 134 valence electrons. The molecule has 0 aliphatic rings. The van der Waals surface area contributed by atoms with Crippen LogP contribution in [0.25, 0.3) is 0 Å².